The maximum Gasteiger partial charge on any atom is 0.121 e. The SMILES string of the molecule is Cc1cc(Cl)cc2[nH]n[c]c12. The highest BCUT2D eigenvalue weighted by molar-refractivity contribution is 6.31. The van der Waals surface area contributed by atoms with Crippen molar-refractivity contribution in [2.75, 3.05) is 0 Å². The molecule has 0 aliphatic carbocycles. The van der Waals surface area contributed by atoms with Crippen LogP contribution in [0.3, 0.4) is 0 Å². The summed E-state index contributed by atoms with van der Waals surface area (Å²) in [6, 6.07) is 3.74. The maximum absolute atomic E-state index is 5.82. The summed E-state index contributed by atoms with van der Waals surface area (Å²) in [5.41, 5.74) is 2.04. The van der Waals surface area contributed by atoms with Gasteiger partial charge in [0.1, 0.15) is 6.20 Å². The van der Waals surface area contributed by atoms with Gasteiger partial charge in [0.15, 0.2) is 0 Å². The number of H-pyrrole nitrogens is 1. The lowest BCUT2D eigenvalue weighted by molar-refractivity contribution is 1.11. The van der Waals surface area contributed by atoms with Crippen LogP contribution >= 0.6 is 11.6 Å². The lowest BCUT2D eigenvalue weighted by atomic mass is 10.1. The first-order valence-electron chi connectivity index (χ1n) is 3.29. The van der Waals surface area contributed by atoms with Crippen LogP contribution in [0, 0.1) is 13.1 Å². The van der Waals surface area contributed by atoms with Crippen LogP contribution < -0.4 is 0 Å². The van der Waals surface area contributed by atoms with Crippen molar-refractivity contribution in [3.63, 3.8) is 0 Å². The zero-order valence-electron chi connectivity index (χ0n) is 5.98. The van der Waals surface area contributed by atoms with Gasteiger partial charge >= 0.3 is 0 Å². The Bertz CT molecular complexity index is 392. The van der Waals surface area contributed by atoms with Crippen molar-refractivity contribution in [3.8, 4) is 0 Å². The predicted molar refractivity (Wildman–Crippen MR) is 44.7 cm³/mol. The van der Waals surface area contributed by atoms with Crippen molar-refractivity contribution < 1.29 is 0 Å². The largest absolute Gasteiger partial charge is 0.277 e. The van der Waals surface area contributed by atoms with Crippen LogP contribution in [0.4, 0.5) is 0 Å². The number of nitrogens with zero attached hydrogens (tertiary/aromatic N) is 1. The molecule has 0 saturated carbocycles. The third-order valence-electron chi connectivity index (χ3n) is 1.64. The number of hydrogen-bond donors (Lipinski definition) is 1. The topological polar surface area (TPSA) is 28.7 Å². The number of aromatic nitrogens is 2. The molecule has 2 nitrogen and oxygen atoms in total. The fourth-order valence-corrected chi connectivity index (χ4v) is 1.40. The maximum atomic E-state index is 5.82. The minimum Gasteiger partial charge on any atom is -0.277 e. The zero-order valence-corrected chi connectivity index (χ0v) is 6.74. The number of aromatic amines is 1. The lowest BCUT2D eigenvalue weighted by Gasteiger charge is -1.94. The van der Waals surface area contributed by atoms with Crippen molar-refractivity contribution in [2.24, 2.45) is 0 Å². The average molecular weight is 166 g/mol. The molecule has 2 aromatic rings. The third kappa shape index (κ3) is 0.994. The molecule has 1 heterocycles. The van der Waals surface area contributed by atoms with E-state index in [2.05, 4.69) is 16.4 Å². The quantitative estimate of drug-likeness (QED) is 0.638. The number of benzene rings is 1. The molecule has 0 amide bonds. The molecule has 0 fully saturated rings. The van der Waals surface area contributed by atoms with Crippen molar-refractivity contribution in [2.45, 2.75) is 6.92 Å². The Hall–Kier alpha value is -1.02. The average Bonchev–Trinajstić information content (AvgIpc) is 2.34. The van der Waals surface area contributed by atoms with Crippen LogP contribution in [0.15, 0.2) is 12.1 Å². The summed E-state index contributed by atoms with van der Waals surface area (Å²) in [7, 11) is 0. The summed E-state index contributed by atoms with van der Waals surface area (Å²) in [6.45, 7) is 1.99. The van der Waals surface area contributed by atoms with E-state index >= 15 is 0 Å². The van der Waals surface area contributed by atoms with E-state index < -0.39 is 0 Å². The standard InChI is InChI=1S/C8H6ClN2/c1-5-2-6(9)3-8-7(5)4-10-11-8/h2-3H,1H3,(H,10,11). The molecule has 0 aliphatic rings. The first-order valence-corrected chi connectivity index (χ1v) is 3.67. The predicted octanol–water partition coefficient (Wildman–Crippen LogP) is 2.32. The van der Waals surface area contributed by atoms with Crippen LogP contribution in [0.1, 0.15) is 5.56 Å². The van der Waals surface area contributed by atoms with Crippen molar-refractivity contribution in [1.82, 2.24) is 10.2 Å². The van der Waals surface area contributed by atoms with Gasteiger partial charge in [-0.25, -0.2) is 0 Å². The number of fused-ring (bicyclic) bond motifs is 1. The van der Waals surface area contributed by atoms with Crippen LogP contribution in [0.25, 0.3) is 10.9 Å². The van der Waals surface area contributed by atoms with E-state index in [0.717, 1.165) is 21.5 Å². The number of rotatable bonds is 0. The molecule has 1 aromatic heterocycles. The Morgan fingerprint density at radius 3 is 3.18 bits per heavy atom. The van der Waals surface area contributed by atoms with E-state index in [0.29, 0.717) is 0 Å². The molecule has 11 heavy (non-hydrogen) atoms. The Kier molecular flexibility index (Phi) is 1.36. The smallest absolute Gasteiger partial charge is 0.121 e. The normalized spacial score (nSPS) is 10.7. The molecule has 1 aromatic carbocycles. The van der Waals surface area contributed by atoms with Gasteiger partial charge in [-0.2, -0.15) is 5.10 Å². The van der Waals surface area contributed by atoms with Gasteiger partial charge in [0.2, 0.25) is 0 Å². The van der Waals surface area contributed by atoms with E-state index in [1.54, 1.807) is 0 Å². The monoisotopic (exact) mass is 165 g/mol. The summed E-state index contributed by atoms with van der Waals surface area (Å²) >= 11 is 5.82. The van der Waals surface area contributed by atoms with Gasteiger partial charge in [0.25, 0.3) is 0 Å². The first kappa shape index (κ1) is 6.68. The van der Waals surface area contributed by atoms with E-state index in [9.17, 15) is 0 Å². The van der Waals surface area contributed by atoms with Crippen LogP contribution in [0.2, 0.25) is 5.02 Å². The van der Waals surface area contributed by atoms with Crippen LogP contribution in [0.5, 0.6) is 0 Å². The summed E-state index contributed by atoms with van der Waals surface area (Å²) in [4.78, 5) is 0. The van der Waals surface area contributed by atoms with E-state index in [1.807, 2.05) is 19.1 Å². The molecule has 0 atom stereocenters. The molecule has 0 aliphatic heterocycles. The highest BCUT2D eigenvalue weighted by Gasteiger charge is 2.00. The molecule has 0 bridgehead atoms. The second kappa shape index (κ2) is 2.24. The first-order chi connectivity index (χ1) is 5.27. The summed E-state index contributed by atoms with van der Waals surface area (Å²) in [5.74, 6) is 0. The Balaban J connectivity index is 2.91. The highest BCUT2D eigenvalue weighted by atomic mass is 35.5. The third-order valence-corrected chi connectivity index (χ3v) is 1.86. The number of aryl methyl sites for hydroxylation is 1. The van der Waals surface area contributed by atoms with E-state index in [1.165, 1.54) is 0 Å². The van der Waals surface area contributed by atoms with Crippen LogP contribution in [-0.4, -0.2) is 10.2 Å². The molecule has 55 valence electrons. The molecule has 0 saturated heterocycles. The van der Waals surface area contributed by atoms with Gasteiger partial charge in [-0.3, -0.25) is 5.10 Å². The van der Waals surface area contributed by atoms with Crippen molar-refractivity contribution >= 4 is 22.5 Å². The van der Waals surface area contributed by atoms with Gasteiger partial charge in [0.05, 0.1) is 5.52 Å². The highest BCUT2D eigenvalue weighted by Crippen LogP contribution is 2.20. The summed E-state index contributed by atoms with van der Waals surface area (Å²) in [6.07, 6.45) is 2.85. The molecule has 3 heteroatoms. The molecule has 2 rings (SSSR count). The Morgan fingerprint density at radius 2 is 2.36 bits per heavy atom. The number of halogens is 1. The molecular formula is C8H6ClN2. The minimum absolute atomic E-state index is 0.729. The molecule has 0 spiro atoms. The number of nitrogens with one attached hydrogen (secondary N) is 1. The second-order valence-corrected chi connectivity index (χ2v) is 2.92. The van der Waals surface area contributed by atoms with Crippen molar-refractivity contribution in [3.05, 3.63) is 28.9 Å². The Morgan fingerprint density at radius 1 is 1.55 bits per heavy atom. The van der Waals surface area contributed by atoms with Crippen molar-refractivity contribution in [1.29, 1.82) is 0 Å². The molecule has 1 N–H and O–H groups in total. The zero-order chi connectivity index (χ0) is 7.84. The second-order valence-electron chi connectivity index (χ2n) is 2.48. The fourth-order valence-electron chi connectivity index (χ4n) is 1.12. The van der Waals surface area contributed by atoms with Crippen LogP contribution in [-0.2, 0) is 0 Å². The van der Waals surface area contributed by atoms with Gasteiger partial charge < -0.3 is 0 Å². The minimum atomic E-state index is 0.729. The van der Waals surface area contributed by atoms with E-state index in [-0.39, 0.29) is 0 Å². The summed E-state index contributed by atoms with van der Waals surface area (Å²) < 4.78 is 0. The molecular weight excluding hydrogens is 160 g/mol. The van der Waals surface area contributed by atoms with Gasteiger partial charge in [-0.05, 0) is 24.6 Å². The summed E-state index contributed by atoms with van der Waals surface area (Å²) in [5, 5.41) is 8.34. The Labute approximate surface area is 69.2 Å². The van der Waals surface area contributed by atoms with Gasteiger partial charge in [-0.15, -0.1) is 0 Å². The van der Waals surface area contributed by atoms with E-state index in [4.69, 9.17) is 11.6 Å². The molecule has 1 radical (unpaired) electrons. The molecule has 0 unspecified atom stereocenters. The van der Waals surface area contributed by atoms with Gasteiger partial charge in [-0.1, -0.05) is 11.6 Å². The fraction of sp³-hybridized carbons (Fsp3) is 0.125. The van der Waals surface area contributed by atoms with Gasteiger partial charge in [0, 0.05) is 10.4 Å². The number of hydrogen-bond acceptors (Lipinski definition) is 1. The lowest BCUT2D eigenvalue weighted by Crippen LogP contribution is -1.74.